The van der Waals surface area contributed by atoms with Crippen LogP contribution in [0.1, 0.15) is 36.5 Å². The third-order valence-electron chi connectivity index (χ3n) is 6.02. The molecule has 0 bridgehead atoms. The fourth-order valence-corrected chi connectivity index (χ4v) is 4.40. The van der Waals surface area contributed by atoms with Gasteiger partial charge in [0.25, 0.3) is 11.9 Å². The fourth-order valence-electron chi connectivity index (χ4n) is 4.40. The van der Waals surface area contributed by atoms with Crippen LogP contribution in [0.25, 0.3) is 0 Å². The van der Waals surface area contributed by atoms with E-state index in [1.165, 1.54) is 12.4 Å². The van der Waals surface area contributed by atoms with Gasteiger partial charge in [-0.3, -0.25) is 0 Å². The number of epoxide rings is 1. The Labute approximate surface area is 187 Å². The molecule has 8 heteroatoms. The third-order valence-corrected chi connectivity index (χ3v) is 6.02. The highest BCUT2D eigenvalue weighted by atomic mass is 16.7. The van der Waals surface area contributed by atoms with Gasteiger partial charge >= 0.3 is 7.12 Å². The molecule has 0 amide bonds. The van der Waals surface area contributed by atoms with Crippen molar-refractivity contribution in [1.82, 2.24) is 4.90 Å². The number of benzene rings is 2. The zero-order valence-corrected chi connectivity index (χ0v) is 17.6. The molecule has 0 radical (unpaired) electrons. The maximum atomic E-state index is 10.4. The highest BCUT2D eigenvalue weighted by molar-refractivity contribution is 6.48. The van der Waals surface area contributed by atoms with E-state index in [9.17, 15) is 10.2 Å². The predicted molar refractivity (Wildman–Crippen MR) is 118 cm³/mol. The molecule has 4 atom stereocenters. The minimum atomic E-state index is -0.955. The average molecular weight is 435 g/mol. The van der Waals surface area contributed by atoms with Crippen molar-refractivity contribution in [2.75, 3.05) is 0 Å². The molecule has 3 aliphatic rings. The van der Waals surface area contributed by atoms with E-state index in [1.54, 1.807) is 4.90 Å². The monoisotopic (exact) mass is 435 g/mol. The number of hydrogen-bond acceptors (Lipinski definition) is 7. The van der Waals surface area contributed by atoms with Crippen LogP contribution in [0.15, 0.2) is 85.0 Å². The smallest absolute Gasteiger partial charge is 0.496 e. The molecular weight excluding hydrogens is 409 g/mol. The Balaban J connectivity index is 1.24. The standard InChI is InChI=1S/C24H26BNO6/c27-21-14-26(19-12-7-13-20(19)29-16-17-8-3-1-4-9-17)15-22(28)32-25(31-21)24-23(30-24)18-10-5-2-6-11-18/h1-6,8-11,14-15,19-20,23-24,27-28H,7,12-13,16H2/b21-14-,22-15-/t19?,20-,23?,24?/m1/s1. The molecule has 1 saturated carbocycles. The highest BCUT2D eigenvalue weighted by Gasteiger charge is 2.56. The number of rotatable bonds is 6. The molecule has 32 heavy (non-hydrogen) atoms. The molecule has 2 aromatic carbocycles. The molecule has 2 N–H and O–H groups in total. The molecule has 0 aromatic heterocycles. The van der Waals surface area contributed by atoms with E-state index >= 15 is 0 Å². The topological polar surface area (TPSA) is 83.9 Å². The van der Waals surface area contributed by atoms with Crippen molar-refractivity contribution < 1.29 is 29.0 Å². The lowest BCUT2D eigenvalue weighted by Gasteiger charge is -2.30. The van der Waals surface area contributed by atoms with E-state index in [0.29, 0.717) is 6.61 Å². The molecule has 2 aliphatic heterocycles. The minimum Gasteiger partial charge on any atom is -0.496 e. The summed E-state index contributed by atoms with van der Waals surface area (Å²) in [6.07, 6.45) is 5.44. The van der Waals surface area contributed by atoms with Gasteiger partial charge in [0.2, 0.25) is 0 Å². The van der Waals surface area contributed by atoms with E-state index in [2.05, 4.69) is 0 Å². The van der Waals surface area contributed by atoms with Crippen molar-refractivity contribution in [2.24, 2.45) is 0 Å². The normalized spacial score (nSPS) is 30.8. The van der Waals surface area contributed by atoms with Gasteiger partial charge in [0.05, 0.1) is 31.2 Å². The molecule has 7 nitrogen and oxygen atoms in total. The number of aliphatic hydroxyl groups excluding tert-OH is 2. The van der Waals surface area contributed by atoms with Crippen LogP contribution in [0.2, 0.25) is 0 Å². The van der Waals surface area contributed by atoms with E-state index in [4.69, 9.17) is 18.8 Å². The van der Waals surface area contributed by atoms with Gasteiger partial charge < -0.3 is 33.9 Å². The van der Waals surface area contributed by atoms with Crippen molar-refractivity contribution in [3.63, 3.8) is 0 Å². The Hall–Kier alpha value is -3.10. The quantitative estimate of drug-likeness (QED) is 0.516. The van der Waals surface area contributed by atoms with Crippen molar-refractivity contribution >= 4 is 7.12 Å². The lowest BCUT2D eigenvalue weighted by molar-refractivity contribution is 0.00725. The molecule has 2 heterocycles. The lowest BCUT2D eigenvalue weighted by Crippen LogP contribution is -2.38. The van der Waals surface area contributed by atoms with Crippen LogP contribution in [-0.2, 0) is 25.4 Å². The van der Waals surface area contributed by atoms with E-state index in [-0.39, 0.29) is 30.1 Å². The van der Waals surface area contributed by atoms with Gasteiger partial charge in [-0.25, -0.2) is 0 Å². The van der Waals surface area contributed by atoms with E-state index in [1.807, 2.05) is 60.7 Å². The van der Waals surface area contributed by atoms with Crippen molar-refractivity contribution in [3.8, 4) is 0 Å². The largest absolute Gasteiger partial charge is 0.633 e. The molecule has 1 saturated heterocycles. The Morgan fingerprint density at radius 3 is 2.25 bits per heavy atom. The van der Waals surface area contributed by atoms with Gasteiger partial charge in [0, 0.05) is 0 Å². The SMILES string of the molecule is O/C1=C/N(C2CCC[C@H]2OCc2ccccc2)/C=C(/O)OB(C2OC2c2ccccc2)O1. The molecule has 1 aliphatic carbocycles. The van der Waals surface area contributed by atoms with Gasteiger partial charge in [-0.15, -0.1) is 0 Å². The van der Waals surface area contributed by atoms with Crippen molar-refractivity contribution in [3.05, 3.63) is 96.1 Å². The van der Waals surface area contributed by atoms with Crippen LogP contribution in [-0.4, -0.2) is 40.4 Å². The summed E-state index contributed by atoms with van der Waals surface area (Å²) >= 11 is 0. The highest BCUT2D eigenvalue weighted by Crippen LogP contribution is 2.41. The second-order valence-corrected chi connectivity index (χ2v) is 8.25. The predicted octanol–water partition coefficient (Wildman–Crippen LogP) is 4.35. The number of aliphatic hydroxyl groups is 2. The fraction of sp³-hybridized carbons (Fsp3) is 0.333. The summed E-state index contributed by atoms with van der Waals surface area (Å²) in [7, 11) is -0.955. The summed E-state index contributed by atoms with van der Waals surface area (Å²) in [5, 5.41) is 20.9. The van der Waals surface area contributed by atoms with Crippen LogP contribution in [0.3, 0.4) is 0 Å². The maximum absolute atomic E-state index is 10.4. The summed E-state index contributed by atoms with van der Waals surface area (Å²) in [6, 6.07) is 19.2. The van der Waals surface area contributed by atoms with Gasteiger partial charge in [-0.05, 0) is 30.4 Å². The van der Waals surface area contributed by atoms with Gasteiger partial charge in [0.1, 0.15) is 6.10 Å². The molecule has 5 rings (SSSR count). The Morgan fingerprint density at radius 2 is 1.56 bits per heavy atom. The number of ether oxygens (including phenoxy) is 2. The summed E-state index contributed by atoms with van der Waals surface area (Å²) < 4.78 is 23.0. The second-order valence-electron chi connectivity index (χ2n) is 8.25. The molecular formula is C24H26BNO6. The Kier molecular flexibility index (Phi) is 5.96. The summed E-state index contributed by atoms with van der Waals surface area (Å²) in [4.78, 5) is 1.71. The number of nitrogens with zero attached hydrogens (tertiary/aromatic N) is 1. The molecule has 0 spiro atoms. The summed E-state index contributed by atoms with van der Waals surface area (Å²) in [5.74, 6) is -0.593. The molecule has 2 aromatic rings. The zero-order valence-electron chi connectivity index (χ0n) is 17.6. The first-order valence-corrected chi connectivity index (χ1v) is 11.0. The average Bonchev–Trinajstić information content (AvgIpc) is 3.46. The van der Waals surface area contributed by atoms with Gasteiger partial charge in [-0.2, -0.15) is 0 Å². The zero-order chi connectivity index (χ0) is 21.9. The van der Waals surface area contributed by atoms with Crippen molar-refractivity contribution in [2.45, 2.75) is 50.1 Å². The van der Waals surface area contributed by atoms with Gasteiger partial charge in [0.15, 0.2) is 6.00 Å². The maximum Gasteiger partial charge on any atom is 0.633 e. The first-order valence-electron chi connectivity index (χ1n) is 11.0. The van der Waals surface area contributed by atoms with Crippen LogP contribution in [0.5, 0.6) is 0 Å². The summed E-state index contributed by atoms with van der Waals surface area (Å²) in [5.41, 5.74) is 2.10. The van der Waals surface area contributed by atoms with Crippen LogP contribution in [0, 0.1) is 0 Å². The molecule has 166 valence electrons. The Morgan fingerprint density at radius 1 is 0.906 bits per heavy atom. The van der Waals surface area contributed by atoms with E-state index < -0.39 is 13.1 Å². The minimum absolute atomic E-state index is 0.0484. The second kappa shape index (κ2) is 9.18. The lowest BCUT2D eigenvalue weighted by atomic mass is 9.80. The number of hydrogen-bond donors (Lipinski definition) is 2. The first kappa shape index (κ1) is 20.8. The Bertz CT molecular complexity index is 947. The first-order chi connectivity index (χ1) is 15.7. The van der Waals surface area contributed by atoms with Gasteiger partial charge in [-0.1, -0.05) is 60.7 Å². The third kappa shape index (κ3) is 4.71. The van der Waals surface area contributed by atoms with Crippen LogP contribution >= 0.6 is 0 Å². The summed E-state index contributed by atoms with van der Waals surface area (Å²) in [6.45, 7) is 0.510. The van der Waals surface area contributed by atoms with Crippen molar-refractivity contribution in [1.29, 1.82) is 0 Å². The molecule has 2 fully saturated rings. The van der Waals surface area contributed by atoms with Crippen LogP contribution < -0.4 is 0 Å². The van der Waals surface area contributed by atoms with E-state index in [0.717, 1.165) is 30.4 Å². The van der Waals surface area contributed by atoms with Crippen LogP contribution in [0.4, 0.5) is 0 Å². The molecule has 3 unspecified atom stereocenters.